The molecule has 2 aromatic rings. The van der Waals surface area contributed by atoms with E-state index in [1.807, 2.05) is 0 Å². The lowest BCUT2D eigenvalue weighted by molar-refractivity contribution is -0.136. The van der Waals surface area contributed by atoms with Crippen LogP contribution in [0.15, 0.2) is 48.5 Å². The van der Waals surface area contributed by atoms with Crippen LogP contribution in [-0.4, -0.2) is 41.2 Å². The lowest BCUT2D eigenvalue weighted by Gasteiger charge is -2.26. The molecule has 0 saturated carbocycles. The van der Waals surface area contributed by atoms with Gasteiger partial charge in [-0.2, -0.15) is 0 Å². The smallest absolute Gasteiger partial charge is 0.279 e. The minimum atomic E-state index is -1.10. The third kappa shape index (κ3) is 4.57. The van der Waals surface area contributed by atoms with Gasteiger partial charge in [-0.3, -0.25) is 34.9 Å². The molecule has 8 nitrogen and oxygen atoms in total. The zero-order chi connectivity index (χ0) is 21.0. The Morgan fingerprint density at radius 2 is 1.79 bits per heavy atom. The highest BCUT2D eigenvalue weighted by Crippen LogP contribution is 2.19. The lowest BCUT2D eigenvalue weighted by atomic mass is 9.98. The maximum absolute atomic E-state index is 13.6. The first kappa shape index (κ1) is 20.0. The quantitative estimate of drug-likeness (QED) is 0.576. The van der Waals surface area contributed by atoms with Crippen molar-refractivity contribution in [3.05, 3.63) is 65.5 Å². The average Bonchev–Trinajstić information content (AvgIpc) is 2.71. The predicted octanol–water partition coefficient (Wildman–Crippen LogP) is 0.965. The zero-order valence-electron chi connectivity index (χ0n) is 15.5. The van der Waals surface area contributed by atoms with Gasteiger partial charge in [0.15, 0.2) is 17.7 Å². The number of amides is 4. The second-order valence-corrected chi connectivity index (χ2v) is 6.35. The third-order valence-electron chi connectivity index (χ3n) is 4.27. The fourth-order valence-corrected chi connectivity index (χ4v) is 2.76. The van der Waals surface area contributed by atoms with Crippen LogP contribution in [-0.2, 0) is 20.8 Å². The number of carbonyl (C=O) groups is 4. The predicted molar refractivity (Wildman–Crippen MR) is 99.0 cm³/mol. The van der Waals surface area contributed by atoms with Crippen LogP contribution in [0.25, 0.3) is 0 Å². The second-order valence-electron chi connectivity index (χ2n) is 6.35. The molecule has 9 heteroatoms. The summed E-state index contributed by atoms with van der Waals surface area (Å²) in [6.07, 6.45) is -1.09. The molecule has 150 valence electrons. The number of fused-ring (bicyclic) bond motifs is 1. The Morgan fingerprint density at radius 3 is 2.55 bits per heavy atom. The van der Waals surface area contributed by atoms with Crippen LogP contribution in [0.4, 0.5) is 4.39 Å². The highest BCUT2D eigenvalue weighted by atomic mass is 19.1. The highest BCUT2D eigenvalue weighted by molar-refractivity contribution is 6.11. The van der Waals surface area contributed by atoms with Gasteiger partial charge in [-0.15, -0.1) is 0 Å². The number of ether oxygens (including phenoxy) is 1. The van der Waals surface area contributed by atoms with Gasteiger partial charge in [-0.25, -0.2) is 4.39 Å². The molecule has 3 rings (SSSR count). The monoisotopic (exact) mass is 399 g/mol. The van der Waals surface area contributed by atoms with E-state index in [0.29, 0.717) is 11.1 Å². The van der Waals surface area contributed by atoms with E-state index in [9.17, 15) is 23.6 Å². The molecule has 0 aromatic heterocycles. The van der Waals surface area contributed by atoms with E-state index in [-0.39, 0.29) is 12.2 Å². The number of nitrogens with zero attached hydrogens (tertiary/aromatic N) is 1. The Labute approximate surface area is 165 Å². The first-order valence-electron chi connectivity index (χ1n) is 8.79. The Hall–Kier alpha value is -3.75. The molecular weight excluding hydrogens is 381 g/mol. The largest absolute Gasteiger partial charge is 0.478 e. The van der Waals surface area contributed by atoms with Crippen molar-refractivity contribution in [2.24, 2.45) is 0 Å². The topological polar surface area (TPSA) is 105 Å². The van der Waals surface area contributed by atoms with Gasteiger partial charge in [0.1, 0.15) is 6.54 Å². The van der Waals surface area contributed by atoms with Crippen molar-refractivity contribution < 1.29 is 28.3 Å². The zero-order valence-corrected chi connectivity index (χ0v) is 15.5. The van der Waals surface area contributed by atoms with Gasteiger partial charge < -0.3 is 4.74 Å². The van der Waals surface area contributed by atoms with E-state index in [1.54, 1.807) is 30.3 Å². The highest BCUT2D eigenvalue weighted by Gasteiger charge is 2.32. The van der Waals surface area contributed by atoms with E-state index < -0.39 is 42.1 Å². The van der Waals surface area contributed by atoms with Crippen molar-refractivity contribution >= 4 is 23.6 Å². The number of imide groups is 1. The van der Waals surface area contributed by atoms with Gasteiger partial charge in [0.25, 0.3) is 17.7 Å². The minimum absolute atomic E-state index is 0.00899. The molecule has 2 N–H and O–H groups in total. The second kappa shape index (κ2) is 8.51. The van der Waals surface area contributed by atoms with Crippen LogP contribution < -0.4 is 15.6 Å². The third-order valence-corrected chi connectivity index (χ3v) is 4.27. The molecule has 1 atom stereocenters. The molecule has 29 heavy (non-hydrogen) atoms. The fourth-order valence-electron chi connectivity index (χ4n) is 2.76. The first-order chi connectivity index (χ1) is 13.9. The SMILES string of the molecule is C[C@H](Oc1ccccc1F)C(=O)NNC(=O)CN1C(=O)Cc2ccccc2C1=O. The van der Waals surface area contributed by atoms with E-state index in [1.165, 1.54) is 25.1 Å². The van der Waals surface area contributed by atoms with E-state index in [2.05, 4.69) is 10.9 Å². The number of rotatable bonds is 5. The molecule has 1 heterocycles. The van der Waals surface area contributed by atoms with E-state index in [4.69, 9.17) is 4.74 Å². The lowest BCUT2D eigenvalue weighted by Crippen LogP contribution is -2.52. The van der Waals surface area contributed by atoms with Crippen molar-refractivity contribution in [3.63, 3.8) is 0 Å². The summed E-state index contributed by atoms with van der Waals surface area (Å²) in [6, 6.07) is 12.2. The summed E-state index contributed by atoms with van der Waals surface area (Å²) in [5.41, 5.74) is 5.20. The summed E-state index contributed by atoms with van der Waals surface area (Å²) < 4.78 is 18.8. The molecular formula is C20H18FN3O5. The summed E-state index contributed by atoms with van der Waals surface area (Å²) >= 11 is 0. The van der Waals surface area contributed by atoms with Crippen molar-refractivity contribution in [2.45, 2.75) is 19.4 Å². The van der Waals surface area contributed by atoms with Crippen LogP contribution in [0.1, 0.15) is 22.8 Å². The number of benzene rings is 2. The van der Waals surface area contributed by atoms with Gasteiger partial charge in [0.2, 0.25) is 5.91 Å². The number of hydrazine groups is 1. The number of para-hydroxylation sites is 1. The number of nitrogens with one attached hydrogen (secondary N) is 2. The molecule has 0 aliphatic carbocycles. The molecule has 0 spiro atoms. The summed E-state index contributed by atoms with van der Waals surface area (Å²) in [7, 11) is 0. The van der Waals surface area contributed by atoms with Gasteiger partial charge in [-0.05, 0) is 30.7 Å². The van der Waals surface area contributed by atoms with E-state index in [0.717, 1.165) is 4.90 Å². The fraction of sp³-hybridized carbons (Fsp3) is 0.200. The summed E-state index contributed by atoms with van der Waals surface area (Å²) in [5, 5.41) is 0. The Kier molecular flexibility index (Phi) is 5.87. The molecule has 0 saturated heterocycles. The number of hydrogen-bond donors (Lipinski definition) is 2. The van der Waals surface area contributed by atoms with Crippen molar-refractivity contribution in [3.8, 4) is 5.75 Å². The van der Waals surface area contributed by atoms with Crippen LogP contribution in [0.3, 0.4) is 0 Å². The molecule has 0 bridgehead atoms. The van der Waals surface area contributed by atoms with Crippen molar-refractivity contribution in [1.82, 2.24) is 15.8 Å². The molecule has 0 radical (unpaired) electrons. The van der Waals surface area contributed by atoms with Crippen LogP contribution in [0, 0.1) is 5.82 Å². The van der Waals surface area contributed by atoms with E-state index >= 15 is 0 Å². The number of halogens is 1. The van der Waals surface area contributed by atoms with Crippen molar-refractivity contribution in [2.75, 3.05) is 6.54 Å². The number of hydrogen-bond acceptors (Lipinski definition) is 5. The van der Waals surface area contributed by atoms with Crippen LogP contribution >= 0.6 is 0 Å². The van der Waals surface area contributed by atoms with Gasteiger partial charge in [0.05, 0.1) is 6.42 Å². The summed E-state index contributed by atoms with van der Waals surface area (Å²) in [4.78, 5) is 49.5. The summed E-state index contributed by atoms with van der Waals surface area (Å²) in [5.74, 6) is -3.31. The van der Waals surface area contributed by atoms with Crippen LogP contribution in [0.2, 0.25) is 0 Å². The maximum atomic E-state index is 13.6. The van der Waals surface area contributed by atoms with Gasteiger partial charge in [0, 0.05) is 5.56 Å². The molecule has 4 amide bonds. The summed E-state index contributed by atoms with van der Waals surface area (Å²) in [6.45, 7) is 0.831. The average molecular weight is 399 g/mol. The van der Waals surface area contributed by atoms with Crippen LogP contribution in [0.5, 0.6) is 5.75 Å². The maximum Gasteiger partial charge on any atom is 0.279 e. The Balaban J connectivity index is 1.53. The Bertz CT molecular complexity index is 978. The molecule has 0 fully saturated rings. The van der Waals surface area contributed by atoms with Gasteiger partial charge in [-0.1, -0.05) is 30.3 Å². The standard InChI is InChI=1S/C20H18FN3O5/c1-12(29-16-9-5-4-8-15(16)21)19(27)23-22-17(25)11-24-18(26)10-13-6-2-3-7-14(13)20(24)28/h2-9,12H,10-11H2,1H3,(H,22,25)(H,23,27)/t12-/m0/s1. The molecule has 1 aliphatic heterocycles. The van der Waals surface area contributed by atoms with Crippen molar-refractivity contribution in [1.29, 1.82) is 0 Å². The normalized spacial score (nSPS) is 14.1. The Morgan fingerprint density at radius 1 is 1.10 bits per heavy atom. The molecule has 1 aliphatic rings. The number of carbonyl (C=O) groups excluding carboxylic acids is 4. The van der Waals surface area contributed by atoms with Gasteiger partial charge >= 0.3 is 0 Å². The molecule has 0 unspecified atom stereocenters. The first-order valence-corrected chi connectivity index (χ1v) is 8.79. The molecule has 2 aromatic carbocycles. The minimum Gasteiger partial charge on any atom is -0.478 e.